The second-order valence-electron chi connectivity index (χ2n) is 8.31. The Bertz CT molecular complexity index is 1080. The number of amides is 2. The highest BCUT2D eigenvalue weighted by molar-refractivity contribution is 5.97. The van der Waals surface area contributed by atoms with E-state index in [0.717, 1.165) is 17.7 Å². The predicted octanol–water partition coefficient (Wildman–Crippen LogP) is 3.81. The van der Waals surface area contributed by atoms with Crippen LogP contribution >= 0.6 is 12.4 Å². The molecule has 4 rings (SSSR count). The van der Waals surface area contributed by atoms with Crippen LogP contribution in [0.25, 0.3) is 0 Å². The molecule has 34 heavy (non-hydrogen) atoms. The first kappa shape index (κ1) is 25.3. The van der Waals surface area contributed by atoms with Crippen molar-refractivity contribution < 1.29 is 14.3 Å². The summed E-state index contributed by atoms with van der Waals surface area (Å²) in [6.07, 6.45) is 1.34. The average Bonchev–Trinajstić information content (AvgIpc) is 3.59. The van der Waals surface area contributed by atoms with Gasteiger partial charge in [0.1, 0.15) is 11.8 Å². The molecule has 3 atom stereocenters. The number of carbonyl (C=O) groups is 2. The lowest BCUT2D eigenvalue weighted by Gasteiger charge is -2.19. The first-order valence-electron chi connectivity index (χ1n) is 11.3. The van der Waals surface area contributed by atoms with Gasteiger partial charge in [-0.15, -0.1) is 12.4 Å². The van der Waals surface area contributed by atoms with Crippen LogP contribution in [0.15, 0.2) is 84.9 Å². The van der Waals surface area contributed by atoms with Crippen LogP contribution < -0.4 is 21.1 Å². The van der Waals surface area contributed by atoms with Crippen molar-refractivity contribution in [2.75, 3.05) is 6.61 Å². The molecular weight excluding hydrogens is 450 g/mol. The molecule has 1 aliphatic rings. The average molecular weight is 480 g/mol. The Morgan fingerprint density at radius 3 is 2.32 bits per heavy atom. The molecule has 0 unspecified atom stereocenters. The molecule has 0 spiro atoms. The Balaban J connectivity index is 0.00000324. The van der Waals surface area contributed by atoms with E-state index in [2.05, 4.69) is 16.7 Å². The fourth-order valence-electron chi connectivity index (χ4n) is 3.74. The molecule has 4 N–H and O–H groups in total. The number of nitrogens with one attached hydrogen (secondary N) is 2. The second kappa shape index (κ2) is 12.2. The molecule has 0 bridgehead atoms. The SMILES string of the molecule is Cl.N[C@H]1C[C@@H]1c1cccc(OCC[C@H](NC(=O)c2ccccc2)C(=O)NCc2ccccc2)c1. The molecule has 6 nitrogen and oxygen atoms in total. The Morgan fingerprint density at radius 1 is 0.971 bits per heavy atom. The summed E-state index contributed by atoms with van der Waals surface area (Å²) in [4.78, 5) is 25.6. The van der Waals surface area contributed by atoms with Crippen LogP contribution in [-0.2, 0) is 11.3 Å². The molecule has 0 radical (unpaired) electrons. The number of halogens is 1. The van der Waals surface area contributed by atoms with Crippen LogP contribution in [-0.4, -0.2) is 30.5 Å². The molecule has 3 aromatic rings. The van der Waals surface area contributed by atoms with E-state index in [0.29, 0.717) is 31.1 Å². The van der Waals surface area contributed by atoms with Gasteiger partial charge in [0, 0.05) is 30.5 Å². The van der Waals surface area contributed by atoms with Crippen molar-refractivity contribution >= 4 is 24.2 Å². The van der Waals surface area contributed by atoms with Gasteiger partial charge in [-0.2, -0.15) is 0 Å². The largest absolute Gasteiger partial charge is 0.493 e. The summed E-state index contributed by atoms with van der Waals surface area (Å²) in [5.74, 6) is 0.601. The minimum absolute atomic E-state index is 0. The minimum atomic E-state index is -0.721. The zero-order valence-corrected chi connectivity index (χ0v) is 19.7. The van der Waals surface area contributed by atoms with E-state index in [9.17, 15) is 9.59 Å². The molecular formula is C27H30ClN3O3. The van der Waals surface area contributed by atoms with Crippen LogP contribution in [0.2, 0.25) is 0 Å². The van der Waals surface area contributed by atoms with Crippen molar-refractivity contribution in [3.63, 3.8) is 0 Å². The van der Waals surface area contributed by atoms with E-state index in [4.69, 9.17) is 10.5 Å². The Kier molecular flexibility index (Phi) is 9.08. The monoisotopic (exact) mass is 479 g/mol. The summed E-state index contributed by atoms with van der Waals surface area (Å²) in [7, 11) is 0. The van der Waals surface area contributed by atoms with Gasteiger partial charge in [-0.05, 0) is 41.8 Å². The zero-order valence-electron chi connectivity index (χ0n) is 18.9. The molecule has 0 aliphatic heterocycles. The summed E-state index contributed by atoms with van der Waals surface area (Å²) in [6.45, 7) is 0.681. The van der Waals surface area contributed by atoms with E-state index in [1.165, 1.54) is 5.56 Å². The van der Waals surface area contributed by atoms with Gasteiger partial charge in [-0.25, -0.2) is 0 Å². The predicted molar refractivity (Wildman–Crippen MR) is 135 cm³/mol. The van der Waals surface area contributed by atoms with Crippen molar-refractivity contribution in [2.45, 2.75) is 37.4 Å². The van der Waals surface area contributed by atoms with Gasteiger partial charge in [-0.1, -0.05) is 60.7 Å². The van der Waals surface area contributed by atoms with Crippen molar-refractivity contribution in [3.8, 4) is 5.75 Å². The minimum Gasteiger partial charge on any atom is -0.493 e. The molecule has 2 amide bonds. The van der Waals surface area contributed by atoms with Crippen molar-refractivity contribution in [1.82, 2.24) is 10.6 Å². The van der Waals surface area contributed by atoms with E-state index < -0.39 is 6.04 Å². The molecule has 1 aliphatic carbocycles. The third kappa shape index (κ3) is 7.07. The third-order valence-electron chi connectivity index (χ3n) is 5.77. The highest BCUT2D eigenvalue weighted by Gasteiger charge is 2.34. The standard InChI is InChI=1S/C27H29N3O3.ClH/c28-24-17-23(24)21-12-7-13-22(16-21)33-15-14-25(30-26(31)20-10-5-2-6-11-20)27(32)29-18-19-8-3-1-4-9-19;/h1-13,16,23-25H,14-15,17-18,28H2,(H,29,32)(H,30,31);1H/t23-,24+,25+;/m1./s1. The number of ether oxygens (including phenoxy) is 1. The number of benzene rings is 3. The van der Waals surface area contributed by atoms with Crippen molar-refractivity contribution in [1.29, 1.82) is 0 Å². The van der Waals surface area contributed by atoms with Gasteiger partial charge >= 0.3 is 0 Å². The second-order valence-corrected chi connectivity index (χ2v) is 8.31. The molecule has 0 saturated heterocycles. The van der Waals surface area contributed by atoms with E-state index in [-0.39, 0.29) is 30.3 Å². The highest BCUT2D eigenvalue weighted by atomic mass is 35.5. The van der Waals surface area contributed by atoms with E-state index >= 15 is 0 Å². The van der Waals surface area contributed by atoms with Crippen LogP contribution in [0.4, 0.5) is 0 Å². The van der Waals surface area contributed by atoms with Crippen molar-refractivity contribution in [3.05, 3.63) is 102 Å². The summed E-state index contributed by atoms with van der Waals surface area (Å²) < 4.78 is 5.92. The lowest BCUT2D eigenvalue weighted by Crippen LogP contribution is -2.47. The molecule has 3 aromatic carbocycles. The first-order valence-corrected chi connectivity index (χ1v) is 11.3. The number of rotatable bonds is 10. The molecule has 0 heterocycles. The number of nitrogens with two attached hydrogens (primary N) is 1. The Morgan fingerprint density at radius 2 is 1.65 bits per heavy atom. The van der Waals surface area contributed by atoms with Crippen LogP contribution in [0, 0.1) is 0 Å². The van der Waals surface area contributed by atoms with Gasteiger partial charge in [-0.3, -0.25) is 9.59 Å². The summed E-state index contributed by atoms with van der Waals surface area (Å²) >= 11 is 0. The number of hydrogen-bond acceptors (Lipinski definition) is 4. The van der Waals surface area contributed by atoms with Crippen LogP contribution in [0.1, 0.15) is 40.2 Å². The quantitative estimate of drug-likeness (QED) is 0.412. The van der Waals surface area contributed by atoms with Gasteiger partial charge in [0.2, 0.25) is 5.91 Å². The lowest BCUT2D eigenvalue weighted by molar-refractivity contribution is -0.123. The molecule has 1 fully saturated rings. The van der Waals surface area contributed by atoms with E-state index in [1.54, 1.807) is 24.3 Å². The highest BCUT2D eigenvalue weighted by Crippen LogP contribution is 2.39. The van der Waals surface area contributed by atoms with Crippen LogP contribution in [0.3, 0.4) is 0 Å². The summed E-state index contributed by atoms with van der Waals surface area (Å²) in [5, 5.41) is 5.77. The number of carbonyl (C=O) groups excluding carboxylic acids is 2. The van der Waals surface area contributed by atoms with Gasteiger partial charge in [0.05, 0.1) is 6.61 Å². The Labute approximate surface area is 206 Å². The maximum Gasteiger partial charge on any atom is 0.251 e. The molecule has 1 saturated carbocycles. The molecule has 7 heteroatoms. The molecule has 0 aromatic heterocycles. The fourth-order valence-corrected chi connectivity index (χ4v) is 3.74. The topological polar surface area (TPSA) is 93.4 Å². The Hall–Kier alpha value is -3.35. The fraction of sp³-hybridized carbons (Fsp3) is 0.259. The van der Waals surface area contributed by atoms with Gasteiger partial charge in [0.25, 0.3) is 5.91 Å². The smallest absolute Gasteiger partial charge is 0.251 e. The van der Waals surface area contributed by atoms with Gasteiger partial charge < -0.3 is 21.1 Å². The first-order chi connectivity index (χ1) is 16.1. The molecule has 178 valence electrons. The van der Waals surface area contributed by atoms with Crippen LogP contribution in [0.5, 0.6) is 5.75 Å². The van der Waals surface area contributed by atoms with E-state index in [1.807, 2.05) is 54.6 Å². The summed E-state index contributed by atoms with van der Waals surface area (Å²) in [5.41, 5.74) is 8.63. The maximum absolute atomic E-state index is 12.9. The third-order valence-corrected chi connectivity index (χ3v) is 5.77. The number of hydrogen-bond donors (Lipinski definition) is 3. The zero-order chi connectivity index (χ0) is 23.0. The summed E-state index contributed by atoms with van der Waals surface area (Å²) in [6, 6.07) is 26.0. The normalized spacial score (nSPS) is 17.1. The lowest BCUT2D eigenvalue weighted by atomic mass is 10.1. The van der Waals surface area contributed by atoms with Crippen molar-refractivity contribution in [2.24, 2.45) is 5.73 Å². The van der Waals surface area contributed by atoms with Gasteiger partial charge in [0.15, 0.2) is 0 Å². The maximum atomic E-state index is 12.9.